The Morgan fingerprint density at radius 3 is 2.35 bits per heavy atom. The third-order valence-corrected chi connectivity index (χ3v) is 5.21. The maximum Gasteiger partial charge on any atom is 0.277 e. The SMILES string of the molecule is CC(C)C1=C(Cl)C(=O)[C@@](C)(Cl)[C@@H](Cl)C1=NC(=O)c1ccccc1. The fourth-order valence-corrected chi connectivity index (χ4v) is 3.40. The number of hydrogen-bond acceptors (Lipinski definition) is 2. The number of alkyl halides is 2. The summed E-state index contributed by atoms with van der Waals surface area (Å²) >= 11 is 18.8. The van der Waals surface area contributed by atoms with E-state index in [9.17, 15) is 9.59 Å². The van der Waals surface area contributed by atoms with Crippen molar-refractivity contribution >= 4 is 52.2 Å². The van der Waals surface area contributed by atoms with Crippen LogP contribution in [0, 0.1) is 5.92 Å². The molecule has 0 aliphatic heterocycles. The molecule has 2 atom stereocenters. The topological polar surface area (TPSA) is 46.5 Å². The molecule has 1 amide bonds. The van der Waals surface area contributed by atoms with Crippen LogP contribution in [-0.2, 0) is 4.79 Å². The van der Waals surface area contributed by atoms with Gasteiger partial charge in [0.05, 0.1) is 10.7 Å². The largest absolute Gasteiger partial charge is 0.291 e. The van der Waals surface area contributed by atoms with Crippen LogP contribution >= 0.6 is 34.8 Å². The summed E-state index contributed by atoms with van der Waals surface area (Å²) in [7, 11) is 0. The molecule has 0 aromatic heterocycles. The minimum Gasteiger partial charge on any atom is -0.291 e. The first-order valence-corrected chi connectivity index (χ1v) is 8.33. The predicted octanol–water partition coefficient (Wildman–Crippen LogP) is 4.60. The highest BCUT2D eigenvalue weighted by atomic mass is 35.5. The molecule has 1 aromatic rings. The number of benzene rings is 1. The molecule has 6 heteroatoms. The molecule has 3 nitrogen and oxygen atoms in total. The molecular formula is C17H16Cl3NO2. The number of ketones is 1. The van der Waals surface area contributed by atoms with Gasteiger partial charge in [-0.05, 0) is 25.0 Å². The Balaban J connectivity index is 2.59. The maximum absolute atomic E-state index is 12.4. The van der Waals surface area contributed by atoms with Gasteiger partial charge >= 0.3 is 0 Å². The molecule has 0 saturated carbocycles. The highest BCUT2D eigenvalue weighted by Crippen LogP contribution is 2.40. The number of carbonyl (C=O) groups is 2. The smallest absolute Gasteiger partial charge is 0.277 e. The molecule has 0 N–H and O–H groups in total. The molecule has 23 heavy (non-hydrogen) atoms. The Morgan fingerprint density at radius 2 is 1.83 bits per heavy atom. The summed E-state index contributed by atoms with van der Waals surface area (Å²) in [5.41, 5.74) is 1.16. The zero-order chi connectivity index (χ0) is 17.4. The molecule has 0 bridgehead atoms. The molecule has 0 unspecified atom stereocenters. The number of allylic oxidation sites excluding steroid dienone is 2. The van der Waals surface area contributed by atoms with Gasteiger partial charge in [0, 0.05) is 11.1 Å². The van der Waals surface area contributed by atoms with E-state index in [1.54, 1.807) is 30.3 Å². The standard InChI is InChI=1S/C17H16Cl3NO2/c1-9(2)11-12(18)15(22)17(3,20)14(19)13(11)21-16(23)10-7-5-4-6-8-10/h4-9,14H,1-3H3/t14-,17-/m0/s1. The third-order valence-electron chi connectivity index (χ3n) is 3.69. The average molecular weight is 373 g/mol. The number of hydrogen-bond donors (Lipinski definition) is 0. The average Bonchev–Trinajstić information content (AvgIpc) is 2.51. The summed E-state index contributed by atoms with van der Waals surface area (Å²) < 4.78 is 0. The summed E-state index contributed by atoms with van der Waals surface area (Å²) in [6.45, 7) is 5.19. The van der Waals surface area contributed by atoms with Crippen molar-refractivity contribution in [2.75, 3.05) is 0 Å². The summed E-state index contributed by atoms with van der Waals surface area (Å²) in [5, 5.41) is -0.946. The molecule has 0 heterocycles. The summed E-state index contributed by atoms with van der Waals surface area (Å²) in [5.74, 6) is -1.02. The molecule has 1 aliphatic carbocycles. The van der Waals surface area contributed by atoms with E-state index in [1.807, 2.05) is 13.8 Å². The van der Waals surface area contributed by atoms with Crippen molar-refractivity contribution in [3.05, 3.63) is 46.5 Å². The minimum absolute atomic E-state index is 0.00554. The number of rotatable bonds is 2. The summed E-state index contributed by atoms with van der Waals surface area (Å²) in [6, 6.07) is 8.61. The van der Waals surface area contributed by atoms with Gasteiger partial charge in [0.15, 0.2) is 5.78 Å². The van der Waals surface area contributed by atoms with Crippen molar-refractivity contribution in [1.82, 2.24) is 0 Å². The first kappa shape index (κ1) is 18.2. The van der Waals surface area contributed by atoms with Crippen LogP contribution in [0.5, 0.6) is 0 Å². The Bertz CT molecular complexity index is 706. The lowest BCUT2D eigenvalue weighted by Crippen LogP contribution is -2.49. The van der Waals surface area contributed by atoms with Gasteiger partial charge < -0.3 is 0 Å². The fourth-order valence-electron chi connectivity index (χ4n) is 2.38. The van der Waals surface area contributed by atoms with E-state index >= 15 is 0 Å². The molecule has 2 rings (SSSR count). The zero-order valence-corrected chi connectivity index (χ0v) is 15.2. The van der Waals surface area contributed by atoms with Gasteiger partial charge in [-0.3, -0.25) is 9.59 Å². The first-order chi connectivity index (χ1) is 10.7. The zero-order valence-electron chi connectivity index (χ0n) is 12.9. The molecular weight excluding hydrogens is 357 g/mol. The van der Waals surface area contributed by atoms with Gasteiger partial charge in [0.25, 0.3) is 5.91 Å². The van der Waals surface area contributed by atoms with Gasteiger partial charge in [0.1, 0.15) is 10.3 Å². The molecule has 1 aromatic carbocycles. The van der Waals surface area contributed by atoms with Crippen LogP contribution in [-0.4, -0.2) is 27.7 Å². The van der Waals surface area contributed by atoms with E-state index in [1.165, 1.54) is 6.92 Å². The minimum atomic E-state index is -1.44. The Labute approximate surface area is 150 Å². The van der Waals surface area contributed by atoms with Crippen molar-refractivity contribution in [3.63, 3.8) is 0 Å². The normalized spacial score (nSPS) is 27.0. The van der Waals surface area contributed by atoms with Crippen molar-refractivity contribution in [2.45, 2.75) is 31.0 Å². The molecule has 122 valence electrons. The van der Waals surface area contributed by atoms with Gasteiger partial charge in [-0.25, -0.2) is 4.99 Å². The molecule has 0 radical (unpaired) electrons. The fraction of sp³-hybridized carbons (Fsp3) is 0.353. The van der Waals surface area contributed by atoms with Crippen molar-refractivity contribution in [1.29, 1.82) is 0 Å². The van der Waals surface area contributed by atoms with Gasteiger partial charge in [-0.1, -0.05) is 43.6 Å². The van der Waals surface area contributed by atoms with Gasteiger partial charge in [0.2, 0.25) is 0 Å². The van der Waals surface area contributed by atoms with E-state index in [0.29, 0.717) is 11.1 Å². The van der Waals surface area contributed by atoms with Crippen LogP contribution in [0.15, 0.2) is 45.9 Å². The van der Waals surface area contributed by atoms with E-state index in [0.717, 1.165) is 0 Å². The van der Waals surface area contributed by atoms with E-state index in [2.05, 4.69) is 4.99 Å². The van der Waals surface area contributed by atoms with E-state index < -0.39 is 21.9 Å². The van der Waals surface area contributed by atoms with Gasteiger partial charge in [-0.15, -0.1) is 23.2 Å². The lowest BCUT2D eigenvalue weighted by Gasteiger charge is -2.34. The van der Waals surface area contributed by atoms with Crippen molar-refractivity contribution in [2.24, 2.45) is 10.9 Å². The monoisotopic (exact) mass is 371 g/mol. The predicted molar refractivity (Wildman–Crippen MR) is 94.8 cm³/mol. The maximum atomic E-state index is 12.4. The Kier molecular flexibility index (Phi) is 5.34. The summed E-state index contributed by atoms with van der Waals surface area (Å²) in [6.07, 6.45) is 0. The summed E-state index contributed by atoms with van der Waals surface area (Å²) in [4.78, 5) is 27.4. The highest BCUT2D eigenvalue weighted by molar-refractivity contribution is 6.59. The Morgan fingerprint density at radius 1 is 1.26 bits per heavy atom. The van der Waals surface area contributed by atoms with Crippen LogP contribution < -0.4 is 0 Å². The number of Topliss-reactive ketones (excluding diaryl/α,β-unsaturated/α-hetero) is 1. The molecule has 0 spiro atoms. The second kappa shape index (κ2) is 6.76. The lowest BCUT2D eigenvalue weighted by molar-refractivity contribution is -0.117. The van der Waals surface area contributed by atoms with Crippen molar-refractivity contribution in [3.8, 4) is 0 Å². The van der Waals surface area contributed by atoms with Crippen LogP contribution in [0.2, 0.25) is 0 Å². The number of aliphatic imine (C=N–C) groups is 1. The second-order valence-corrected chi connectivity index (χ2v) is 7.42. The van der Waals surface area contributed by atoms with Crippen LogP contribution in [0.1, 0.15) is 31.1 Å². The lowest BCUT2D eigenvalue weighted by atomic mass is 9.82. The molecule has 0 fully saturated rings. The quantitative estimate of drug-likeness (QED) is 0.712. The number of halogens is 3. The van der Waals surface area contributed by atoms with E-state index in [4.69, 9.17) is 34.8 Å². The first-order valence-electron chi connectivity index (χ1n) is 7.13. The van der Waals surface area contributed by atoms with Crippen molar-refractivity contribution < 1.29 is 9.59 Å². The Hall–Kier alpha value is -1.16. The molecule has 1 aliphatic rings. The van der Waals surface area contributed by atoms with Gasteiger partial charge in [-0.2, -0.15) is 0 Å². The number of carbonyl (C=O) groups excluding carboxylic acids is 2. The van der Waals surface area contributed by atoms with Crippen LogP contribution in [0.3, 0.4) is 0 Å². The van der Waals surface area contributed by atoms with Crippen LogP contribution in [0.25, 0.3) is 0 Å². The number of amides is 1. The number of nitrogens with zero attached hydrogens (tertiary/aromatic N) is 1. The third kappa shape index (κ3) is 3.37. The highest BCUT2D eigenvalue weighted by Gasteiger charge is 2.49. The second-order valence-electron chi connectivity index (χ2n) is 5.82. The molecule has 0 saturated heterocycles. The van der Waals surface area contributed by atoms with Crippen LogP contribution in [0.4, 0.5) is 0 Å². The van der Waals surface area contributed by atoms with E-state index in [-0.39, 0.29) is 16.7 Å².